The minimum Gasteiger partial charge on any atom is -0.378 e. The fourth-order valence-electron chi connectivity index (χ4n) is 2.77. The number of hydrogen-bond donors (Lipinski definition) is 1. The van der Waals surface area contributed by atoms with Crippen molar-refractivity contribution in [3.05, 3.63) is 49.6 Å². The maximum Gasteiger partial charge on any atom is 0.0705 e. The Labute approximate surface area is 127 Å². The van der Waals surface area contributed by atoms with Crippen LogP contribution in [0.3, 0.4) is 0 Å². The van der Waals surface area contributed by atoms with Crippen molar-refractivity contribution in [2.45, 2.75) is 39.2 Å². The lowest BCUT2D eigenvalue weighted by atomic mass is 9.93. The van der Waals surface area contributed by atoms with Gasteiger partial charge in [0.05, 0.1) is 9.83 Å². The number of rotatable bonds is 2. The van der Waals surface area contributed by atoms with Crippen molar-refractivity contribution in [3.8, 4) is 0 Å². The van der Waals surface area contributed by atoms with Gasteiger partial charge >= 0.3 is 0 Å². The smallest absolute Gasteiger partial charge is 0.0705 e. The van der Waals surface area contributed by atoms with Gasteiger partial charge in [0.15, 0.2) is 0 Å². The SMILES string of the molecule is Cc1cccc(NC2CCCc3sc(Br)cc32)c1C. The Morgan fingerprint density at radius 1 is 1.32 bits per heavy atom. The van der Waals surface area contributed by atoms with E-state index in [0.717, 1.165) is 0 Å². The summed E-state index contributed by atoms with van der Waals surface area (Å²) in [6.45, 7) is 4.37. The predicted molar refractivity (Wildman–Crippen MR) is 87.2 cm³/mol. The lowest BCUT2D eigenvalue weighted by Crippen LogP contribution is -2.16. The zero-order valence-corrected chi connectivity index (χ0v) is 13.7. The summed E-state index contributed by atoms with van der Waals surface area (Å²) in [6, 6.07) is 9.26. The first-order chi connectivity index (χ1) is 9.15. The Morgan fingerprint density at radius 2 is 2.16 bits per heavy atom. The average molecular weight is 336 g/mol. The van der Waals surface area contributed by atoms with Gasteiger partial charge in [0.25, 0.3) is 0 Å². The largest absolute Gasteiger partial charge is 0.378 e. The highest BCUT2D eigenvalue weighted by atomic mass is 79.9. The lowest BCUT2D eigenvalue weighted by Gasteiger charge is -2.25. The van der Waals surface area contributed by atoms with Gasteiger partial charge in [0, 0.05) is 10.6 Å². The van der Waals surface area contributed by atoms with Crippen molar-refractivity contribution in [1.82, 2.24) is 0 Å². The molecule has 100 valence electrons. The van der Waals surface area contributed by atoms with E-state index in [4.69, 9.17) is 0 Å². The van der Waals surface area contributed by atoms with Crippen molar-refractivity contribution in [2.75, 3.05) is 5.32 Å². The van der Waals surface area contributed by atoms with Gasteiger partial charge < -0.3 is 5.32 Å². The summed E-state index contributed by atoms with van der Waals surface area (Å²) >= 11 is 5.51. The lowest BCUT2D eigenvalue weighted by molar-refractivity contribution is 0.608. The number of benzene rings is 1. The van der Waals surface area contributed by atoms with Gasteiger partial charge in [-0.25, -0.2) is 0 Å². The second-order valence-electron chi connectivity index (χ2n) is 5.27. The molecule has 1 atom stereocenters. The zero-order chi connectivity index (χ0) is 13.4. The van der Waals surface area contributed by atoms with Crippen LogP contribution in [0.25, 0.3) is 0 Å². The van der Waals surface area contributed by atoms with Gasteiger partial charge in [0.2, 0.25) is 0 Å². The van der Waals surface area contributed by atoms with Crippen LogP contribution in [-0.2, 0) is 6.42 Å². The van der Waals surface area contributed by atoms with Gasteiger partial charge in [-0.15, -0.1) is 11.3 Å². The third kappa shape index (κ3) is 2.59. The van der Waals surface area contributed by atoms with Crippen LogP contribution in [-0.4, -0.2) is 0 Å². The fourth-order valence-corrected chi connectivity index (χ4v) is 4.59. The molecule has 1 aromatic heterocycles. The third-order valence-corrected chi connectivity index (χ3v) is 5.73. The molecule has 0 saturated heterocycles. The first-order valence-corrected chi connectivity index (χ1v) is 8.37. The maximum atomic E-state index is 3.75. The molecule has 0 amide bonds. The summed E-state index contributed by atoms with van der Waals surface area (Å²) in [5.74, 6) is 0. The summed E-state index contributed by atoms with van der Waals surface area (Å²) in [7, 11) is 0. The molecule has 0 radical (unpaired) electrons. The molecule has 1 aromatic carbocycles. The molecule has 1 aliphatic carbocycles. The molecule has 0 aliphatic heterocycles. The molecule has 0 fully saturated rings. The highest BCUT2D eigenvalue weighted by Gasteiger charge is 2.22. The Bertz CT molecular complexity index is 603. The molecule has 1 nitrogen and oxygen atoms in total. The van der Waals surface area contributed by atoms with Crippen LogP contribution in [0, 0.1) is 13.8 Å². The molecule has 0 bridgehead atoms. The van der Waals surface area contributed by atoms with Crippen LogP contribution < -0.4 is 5.32 Å². The van der Waals surface area contributed by atoms with Gasteiger partial charge in [-0.1, -0.05) is 12.1 Å². The van der Waals surface area contributed by atoms with Crippen LogP contribution in [0.2, 0.25) is 0 Å². The number of aryl methyl sites for hydroxylation is 2. The molecule has 1 heterocycles. The number of anilines is 1. The molecule has 1 aliphatic rings. The van der Waals surface area contributed by atoms with E-state index in [-0.39, 0.29) is 0 Å². The quantitative estimate of drug-likeness (QED) is 0.751. The highest BCUT2D eigenvalue weighted by Crippen LogP contribution is 2.39. The molecule has 3 rings (SSSR count). The third-order valence-electron chi connectivity index (χ3n) is 4.02. The van der Waals surface area contributed by atoms with Crippen molar-refractivity contribution in [2.24, 2.45) is 0 Å². The number of hydrogen-bond acceptors (Lipinski definition) is 2. The van der Waals surface area contributed by atoms with Crippen molar-refractivity contribution in [3.63, 3.8) is 0 Å². The topological polar surface area (TPSA) is 12.0 Å². The van der Waals surface area contributed by atoms with Crippen molar-refractivity contribution in [1.29, 1.82) is 0 Å². The molecule has 0 spiro atoms. The summed E-state index contributed by atoms with van der Waals surface area (Å²) in [5.41, 5.74) is 5.49. The Morgan fingerprint density at radius 3 is 3.00 bits per heavy atom. The Hall–Kier alpha value is -0.800. The molecule has 1 N–H and O–H groups in total. The van der Waals surface area contributed by atoms with Crippen LogP contribution in [0.5, 0.6) is 0 Å². The second kappa shape index (κ2) is 5.29. The average Bonchev–Trinajstić information content (AvgIpc) is 2.76. The van der Waals surface area contributed by atoms with E-state index in [1.54, 1.807) is 4.88 Å². The van der Waals surface area contributed by atoms with E-state index in [1.165, 1.54) is 45.4 Å². The van der Waals surface area contributed by atoms with E-state index in [2.05, 4.69) is 59.4 Å². The van der Waals surface area contributed by atoms with E-state index in [1.807, 2.05) is 11.3 Å². The van der Waals surface area contributed by atoms with E-state index in [0.29, 0.717) is 6.04 Å². The molecule has 3 heteroatoms. The number of nitrogens with one attached hydrogen (secondary N) is 1. The summed E-state index contributed by atoms with van der Waals surface area (Å²) in [6.07, 6.45) is 3.74. The minimum atomic E-state index is 0.465. The predicted octanol–water partition coefficient (Wildman–Crippen LogP) is 5.62. The van der Waals surface area contributed by atoms with E-state index in [9.17, 15) is 0 Å². The standard InChI is InChI=1S/C16H18BrNS/c1-10-5-3-6-13(11(10)2)18-14-7-4-8-15-12(14)9-16(17)19-15/h3,5-6,9,14,18H,4,7-8H2,1-2H3. The monoisotopic (exact) mass is 335 g/mol. The summed E-state index contributed by atoms with van der Waals surface area (Å²) in [5, 5.41) is 3.75. The van der Waals surface area contributed by atoms with Gasteiger partial charge in [-0.05, 0) is 77.9 Å². The molecule has 0 saturated carbocycles. The van der Waals surface area contributed by atoms with E-state index >= 15 is 0 Å². The van der Waals surface area contributed by atoms with Gasteiger partial charge in [0.1, 0.15) is 0 Å². The zero-order valence-electron chi connectivity index (χ0n) is 11.3. The van der Waals surface area contributed by atoms with Gasteiger partial charge in [-0.3, -0.25) is 0 Å². The van der Waals surface area contributed by atoms with Crippen molar-refractivity contribution >= 4 is 33.0 Å². The summed E-state index contributed by atoms with van der Waals surface area (Å²) in [4.78, 5) is 1.54. The first-order valence-electron chi connectivity index (χ1n) is 6.76. The molecular formula is C16H18BrNS. The maximum absolute atomic E-state index is 3.75. The Kier molecular flexibility index (Phi) is 3.68. The summed E-state index contributed by atoms with van der Waals surface area (Å²) < 4.78 is 1.26. The van der Waals surface area contributed by atoms with E-state index < -0.39 is 0 Å². The molecule has 19 heavy (non-hydrogen) atoms. The van der Waals surface area contributed by atoms with Gasteiger partial charge in [-0.2, -0.15) is 0 Å². The number of thiophene rings is 1. The van der Waals surface area contributed by atoms with Crippen LogP contribution in [0.15, 0.2) is 28.1 Å². The first kappa shape index (κ1) is 13.2. The molecule has 1 unspecified atom stereocenters. The molecule has 2 aromatic rings. The van der Waals surface area contributed by atoms with Crippen LogP contribution in [0.4, 0.5) is 5.69 Å². The molecular weight excluding hydrogens is 318 g/mol. The Balaban J connectivity index is 1.90. The highest BCUT2D eigenvalue weighted by molar-refractivity contribution is 9.11. The minimum absolute atomic E-state index is 0.465. The van der Waals surface area contributed by atoms with Crippen LogP contribution in [0.1, 0.15) is 40.5 Å². The fraction of sp³-hybridized carbons (Fsp3) is 0.375. The normalized spacial score (nSPS) is 18.2. The second-order valence-corrected chi connectivity index (χ2v) is 7.78. The number of fused-ring (bicyclic) bond motifs is 1. The van der Waals surface area contributed by atoms with Crippen molar-refractivity contribution < 1.29 is 0 Å². The number of halogens is 1. The van der Waals surface area contributed by atoms with Crippen LogP contribution >= 0.6 is 27.3 Å².